The van der Waals surface area contributed by atoms with Crippen molar-refractivity contribution in [3.05, 3.63) is 0 Å². The highest BCUT2D eigenvalue weighted by atomic mass is 32.2. The van der Waals surface area contributed by atoms with Gasteiger partial charge in [-0.2, -0.15) is 0 Å². The molecule has 2 unspecified atom stereocenters. The van der Waals surface area contributed by atoms with Gasteiger partial charge in [0.1, 0.15) is 0 Å². The predicted molar refractivity (Wildman–Crippen MR) is 69.6 cm³/mol. The Morgan fingerprint density at radius 1 is 1.39 bits per heavy atom. The molecule has 5 nitrogen and oxygen atoms in total. The van der Waals surface area contributed by atoms with Gasteiger partial charge in [-0.05, 0) is 12.3 Å². The first kappa shape index (κ1) is 15.1. The molecule has 1 aliphatic rings. The Kier molecular flexibility index (Phi) is 4.20. The first-order valence-electron chi connectivity index (χ1n) is 5.90. The van der Waals surface area contributed by atoms with Crippen LogP contribution >= 0.6 is 0 Å². The highest BCUT2D eigenvalue weighted by Gasteiger charge is 2.66. The molecule has 6 heteroatoms. The van der Waals surface area contributed by atoms with Gasteiger partial charge in [-0.25, -0.2) is 0 Å². The molecule has 1 aliphatic carbocycles. The largest absolute Gasteiger partial charge is 0.481 e. The summed E-state index contributed by atoms with van der Waals surface area (Å²) in [6, 6.07) is -0.144. The van der Waals surface area contributed by atoms with E-state index in [1.54, 1.807) is 27.2 Å². The highest BCUT2D eigenvalue weighted by molar-refractivity contribution is 7.84. The van der Waals surface area contributed by atoms with E-state index in [0.29, 0.717) is 5.75 Å². The van der Waals surface area contributed by atoms with Crippen LogP contribution in [0.5, 0.6) is 0 Å². The van der Waals surface area contributed by atoms with Crippen LogP contribution in [0.25, 0.3) is 0 Å². The van der Waals surface area contributed by atoms with Crippen molar-refractivity contribution >= 4 is 22.7 Å². The van der Waals surface area contributed by atoms with Crippen molar-refractivity contribution in [1.82, 2.24) is 4.90 Å². The highest BCUT2D eigenvalue weighted by Crippen LogP contribution is 2.59. The monoisotopic (exact) mass is 275 g/mol. The Hall–Kier alpha value is -0.910. The SMILES string of the molecule is CC(CS(C)=O)N(C)C(=O)[C@@H]1[C@H](C(=O)O)C1(C)C. The van der Waals surface area contributed by atoms with E-state index in [-0.39, 0.29) is 11.9 Å². The van der Waals surface area contributed by atoms with Gasteiger partial charge in [0.25, 0.3) is 0 Å². The van der Waals surface area contributed by atoms with Gasteiger partial charge < -0.3 is 10.0 Å². The minimum absolute atomic E-state index is 0.144. The summed E-state index contributed by atoms with van der Waals surface area (Å²) < 4.78 is 11.1. The van der Waals surface area contributed by atoms with E-state index in [1.165, 1.54) is 4.90 Å². The number of nitrogens with zero attached hydrogens (tertiary/aromatic N) is 1. The van der Waals surface area contributed by atoms with Crippen LogP contribution in [0.2, 0.25) is 0 Å². The average molecular weight is 275 g/mol. The lowest BCUT2D eigenvalue weighted by Crippen LogP contribution is -2.40. The maximum absolute atomic E-state index is 12.2. The van der Waals surface area contributed by atoms with E-state index >= 15 is 0 Å². The summed E-state index contributed by atoms with van der Waals surface area (Å²) in [5.74, 6) is -1.74. The smallest absolute Gasteiger partial charge is 0.307 e. The summed E-state index contributed by atoms with van der Waals surface area (Å²) in [6.07, 6.45) is 1.59. The zero-order valence-electron chi connectivity index (χ0n) is 11.5. The summed E-state index contributed by atoms with van der Waals surface area (Å²) in [5.41, 5.74) is -0.484. The van der Waals surface area contributed by atoms with Crippen LogP contribution in [0.1, 0.15) is 20.8 Å². The second kappa shape index (κ2) is 4.99. The number of hydrogen-bond donors (Lipinski definition) is 1. The third kappa shape index (κ3) is 2.74. The van der Waals surface area contributed by atoms with Gasteiger partial charge in [-0.3, -0.25) is 13.8 Å². The van der Waals surface area contributed by atoms with Gasteiger partial charge in [0.05, 0.1) is 11.8 Å². The number of carbonyl (C=O) groups is 2. The van der Waals surface area contributed by atoms with Crippen molar-refractivity contribution in [2.75, 3.05) is 19.1 Å². The molecule has 1 N–H and O–H groups in total. The van der Waals surface area contributed by atoms with Crippen LogP contribution in [0.15, 0.2) is 0 Å². The molecule has 4 atom stereocenters. The summed E-state index contributed by atoms with van der Waals surface area (Å²) in [4.78, 5) is 24.8. The summed E-state index contributed by atoms with van der Waals surface area (Å²) in [6.45, 7) is 5.42. The molecule has 0 aromatic heterocycles. The Balaban J connectivity index is 2.72. The minimum atomic E-state index is -0.973. The molecule has 0 saturated heterocycles. The third-order valence-electron chi connectivity index (χ3n) is 3.84. The van der Waals surface area contributed by atoms with E-state index in [1.807, 2.05) is 6.92 Å². The minimum Gasteiger partial charge on any atom is -0.481 e. The molecule has 1 saturated carbocycles. The number of carbonyl (C=O) groups excluding carboxylic acids is 1. The van der Waals surface area contributed by atoms with Crippen molar-refractivity contribution in [3.63, 3.8) is 0 Å². The zero-order chi connectivity index (χ0) is 14.2. The van der Waals surface area contributed by atoms with Gasteiger partial charge in [0.15, 0.2) is 0 Å². The quantitative estimate of drug-likeness (QED) is 0.796. The molecule has 1 rings (SSSR count). The molecule has 0 aliphatic heterocycles. The Bertz CT molecular complexity index is 394. The van der Waals surface area contributed by atoms with Gasteiger partial charge in [0, 0.05) is 35.9 Å². The van der Waals surface area contributed by atoms with Crippen molar-refractivity contribution in [2.24, 2.45) is 17.3 Å². The van der Waals surface area contributed by atoms with E-state index in [4.69, 9.17) is 5.11 Å². The molecular formula is C12H21NO4S. The van der Waals surface area contributed by atoms with E-state index < -0.39 is 34.0 Å². The van der Waals surface area contributed by atoms with E-state index in [2.05, 4.69) is 0 Å². The Morgan fingerprint density at radius 2 is 1.89 bits per heavy atom. The molecule has 1 amide bonds. The fraction of sp³-hybridized carbons (Fsp3) is 0.833. The fourth-order valence-corrected chi connectivity index (χ4v) is 3.35. The normalized spacial score (nSPS) is 28.3. The molecule has 1 fully saturated rings. The first-order chi connectivity index (χ1) is 8.10. The second-order valence-corrected chi connectivity index (χ2v) is 7.13. The molecule has 0 aromatic rings. The van der Waals surface area contributed by atoms with Crippen LogP contribution in [0.3, 0.4) is 0 Å². The molecule has 0 spiro atoms. The molecule has 0 radical (unpaired) electrons. The lowest BCUT2D eigenvalue weighted by molar-refractivity contribution is -0.142. The number of carboxylic acids is 1. The Morgan fingerprint density at radius 3 is 2.22 bits per heavy atom. The molecule has 0 bridgehead atoms. The van der Waals surface area contributed by atoms with Crippen LogP contribution in [-0.2, 0) is 20.4 Å². The van der Waals surface area contributed by atoms with Gasteiger partial charge in [0.2, 0.25) is 5.91 Å². The van der Waals surface area contributed by atoms with Crippen molar-refractivity contribution < 1.29 is 18.9 Å². The van der Waals surface area contributed by atoms with E-state index in [0.717, 1.165) is 0 Å². The number of hydrogen-bond acceptors (Lipinski definition) is 3. The average Bonchev–Trinajstić information content (AvgIpc) is 2.78. The molecular weight excluding hydrogens is 254 g/mol. The first-order valence-corrected chi connectivity index (χ1v) is 7.63. The van der Waals surface area contributed by atoms with Gasteiger partial charge in [-0.1, -0.05) is 13.8 Å². The van der Waals surface area contributed by atoms with Crippen molar-refractivity contribution in [1.29, 1.82) is 0 Å². The van der Waals surface area contributed by atoms with Crippen LogP contribution < -0.4 is 0 Å². The molecule has 104 valence electrons. The second-order valence-electron chi connectivity index (χ2n) is 5.65. The molecule has 0 aromatic carbocycles. The summed E-state index contributed by atoms with van der Waals surface area (Å²) in [5, 5.41) is 9.05. The fourth-order valence-electron chi connectivity index (χ4n) is 2.45. The topological polar surface area (TPSA) is 74.7 Å². The van der Waals surface area contributed by atoms with Crippen LogP contribution in [-0.4, -0.2) is 51.2 Å². The number of amides is 1. The standard InChI is InChI=1S/C12H21NO4S/c1-7(6-18(5)17)13(4)10(14)8-9(11(15)16)12(8,2)3/h7-9H,6H2,1-5H3,(H,15,16)/t7?,8-,9+,18?/m0/s1. The number of aliphatic carboxylic acids is 1. The Labute approximate surface area is 110 Å². The number of rotatable bonds is 5. The maximum Gasteiger partial charge on any atom is 0.307 e. The van der Waals surface area contributed by atoms with Gasteiger partial charge >= 0.3 is 5.97 Å². The molecule has 0 heterocycles. The number of carboxylic acid groups (broad SMARTS) is 1. The van der Waals surface area contributed by atoms with Crippen LogP contribution in [0.4, 0.5) is 0 Å². The van der Waals surface area contributed by atoms with Crippen molar-refractivity contribution in [3.8, 4) is 0 Å². The van der Waals surface area contributed by atoms with Crippen molar-refractivity contribution in [2.45, 2.75) is 26.8 Å². The maximum atomic E-state index is 12.2. The summed E-state index contributed by atoms with van der Waals surface area (Å²) in [7, 11) is 0.673. The predicted octanol–water partition coefficient (Wildman–Crippen LogP) is 0.569. The lowest BCUT2D eigenvalue weighted by Gasteiger charge is -2.24. The van der Waals surface area contributed by atoms with E-state index in [9.17, 15) is 13.8 Å². The van der Waals surface area contributed by atoms with Crippen LogP contribution in [0, 0.1) is 17.3 Å². The third-order valence-corrected chi connectivity index (χ3v) is 4.80. The molecule has 18 heavy (non-hydrogen) atoms. The van der Waals surface area contributed by atoms with Gasteiger partial charge in [-0.15, -0.1) is 0 Å². The summed E-state index contributed by atoms with van der Waals surface area (Å²) >= 11 is 0. The lowest BCUT2D eigenvalue weighted by atomic mass is 10.1. The zero-order valence-corrected chi connectivity index (χ0v) is 12.3.